The molecule has 1 aliphatic heterocycles. The van der Waals surface area contributed by atoms with E-state index in [1.165, 1.54) is 6.07 Å². The van der Waals surface area contributed by atoms with Gasteiger partial charge >= 0.3 is 0 Å². The number of benzene rings is 2. The molecular formula is C16H13FN2O. The van der Waals surface area contributed by atoms with Gasteiger partial charge in [-0.1, -0.05) is 36.4 Å². The smallest absolute Gasteiger partial charge is 0.277 e. The van der Waals surface area contributed by atoms with Gasteiger partial charge in [0.1, 0.15) is 11.5 Å². The van der Waals surface area contributed by atoms with Gasteiger partial charge in [-0.15, -0.1) is 0 Å². The molecule has 0 saturated carbocycles. The summed E-state index contributed by atoms with van der Waals surface area (Å²) in [7, 11) is 1.59. The molecular weight excluding hydrogens is 255 g/mol. The minimum Gasteiger partial charge on any atom is -0.302 e. The van der Waals surface area contributed by atoms with Crippen LogP contribution in [-0.2, 0) is 11.3 Å². The van der Waals surface area contributed by atoms with E-state index in [0.29, 0.717) is 11.3 Å². The van der Waals surface area contributed by atoms with Crippen molar-refractivity contribution in [2.75, 3.05) is 11.9 Å². The second-order valence-electron chi connectivity index (χ2n) is 4.57. The molecule has 1 aliphatic rings. The van der Waals surface area contributed by atoms with Crippen molar-refractivity contribution >= 4 is 17.3 Å². The third kappa shape index (κ3) is 1.90. The number of rotatable bonds is 2. The number of amides is 1. The van der Waals surface area contributed by atoms with Crippen LogP contribution in [0.25, 0.3) is 0 Å². The molecule has 0 atom stereocenters. The Labute approximate surface area is 116 Å². The van der Waals surface area contributed by atoms with Crippen molar-refractivity contribution in [3.63, 3.8) is 0 Å². The Morgan fingerprint density at radius 3 is 2.55 bits per heavy atom. The third-order valence-electron chi connectivity index (χ3n) is 3.41. The van der Waals surface area contributed by atoms with Crippen LogP contribution in [-0.4, -0.2) is 18.7 Å². The summed E-state index contributed by atoms with van der Waals surface area (Å²) in [5, 5.41) is 0. The van der Waals surface area contributed by atoms with Crippen molar-refractivity contribution in [1.82, 2.24) is 0 Å². The van der Waals surface area contributed by atoms with Crippen LogP contribution >= 0.6 is 0 Å². The largest absolute Gasteiger partial charge is 0.302 e. The number of hydrogen-bond acceptors (Lipinski definition) is 2. The summed E-state index contributed by atoms with van der Waals surface area (Å²) < 4.78 is 13.8. The zero-order chi connectivity index (χ0) is 14.1. The monoisotopic (exact) mass is 268 g/mol. The molecule has 0 saturated heterocycles. The van der Waals surface area contributed by atoms with Crippen LogP contribution in [0.1, 0.15) is 11.1 Å². The van der Waals surface area contributed by atoms with E-state index < -0.39 is 0 Å². The molecule has 0 spiro atoms. The number of fused-ring (bicyclic) bond motifs is 1. The van der Waals surface area contributed by atoms with Crippen LogP contribution in [0.5, 0.6) is 0 Å². The van der Waals surface area contributed by atoms with Gasteiger partial charge < -0.3 is 4.90 Å². The number of halogens is 1. The molecule has 0 aromatic heterocycles. The molecule has 100 valence electrons. The molecule has 1 heterocycles. The summed E-state index contributed by atoms with van der Waals surface area (Å²) in [5.41, 5.74) is 2.50. The van der Waals surface area contributed by atoms with Crippen LogP contribution in [0.4, 0.5) is 10.1 Å². The standard InChI is InChI=1S/C16H13FN2O/c1-18-15-12-7-3-5-9-14(12)19(16(15)20)10-11-6-2-4-8-13(11)17/h2-9H,10H2,1H3. The quantitative estimate of drug-likeness (QED) is 0.824. The number of carbonyl (C=O) groups excluding carboxylic acids is 1. The van der Waals surface area contributed by atoms with Crippen molar-refractivity contribution in [2.45, 2.75) is 6.54 Å². The SMILES string of the molecule is CN=C1C(=O)N(Cc2ccccc2F)c2ccccc21. The Kier molecular flexibility index (Phi) is 3.06. The van der Waals surface area contributed by atoms with Crippen LogP contribution in [0.15, 0.2) is 53.5 Å². The van der Waals surface area contributed by atoms with Gasteiger partial charge in [0.25, 0.3) is 5.91 Å². The predicted octanol–water partition coefficient (Wildman–Crippen LogP) is 2.79. The number of hydrogen-bond donors (Lipinski definition) is 0. The Balaban J connectivity index is 2.03. The average Bonchev–Trinajstić information content (AvgIpc) is 2.74. The first kappa shape index (κ1) is 12.5. The summed E-state index contributed by atoms with van der Waals surface area (Å²) in [6.07, 6.45) is 0. The minimum absolute atomic E-state index is 0.183. The Morgan fingerprint density at radius 1 is 1.10 bits per heavy atom. The highest BCUT2D eigenvalue weighted by Gasteiger charge is 2.33. The van der Waals surface area contributed by atoms with E-state index in [4.69, 9.17) is 0 Å². The fraction of sp³-hybridized carbons (Fsp3) is 0.125. The Hall–Kier alpha value is -2.49. The normalized spacial score (nSPS) is 15.8. The molecule has 0 fully saturated rings. The first-order chi connectivity index (χ1) is 9.72. The van der Waals surface area contributed by atoms with Gasteiger partial charge in [-0.25, -0.2) is 4.39 Å². The lowest BCUT2D eigenvalue weighted by atomic mass is 10.1. The van der Waals surface area contributed by atoms with E-state index >= 15 is 0 Å². The fourth-order valence-electron chi connectivity index (χ4n) is 2.43. The second-order valence-corrected chi connectivity index (χ2v) is 4.57. The van der Waals surface area contributed by atoms with Gasteiger partial charge in [0.2, 0.25) is 0 Å². The van der Waals surface area contributed by atoms with Crippen LogP contribution < -0.4 is 4.90 Å². The van der Waals surface area contributed by atoms with Crippen LogP contribution in [0.2, 0.25) is 0 Å². The Bertz CT molecular complexity index is 709. The van der Waals surface area contributed by atoms with Crippen molar-refractivity contribution in [3.8, 4) is 0 Å². The summed E-state index contributed by atoms with van der Waals surface area (Å²) in [6.45, 7) is 0.210. The number of anilines is 1. The van der Waals surface area contributed by atoms with Gasteiger partial charge in [-0.3, -0.25) is 9.79 Å². The molecule has 0 unspecified atom stereocenters. The molecule has 2 aromatic carbocycles. The second kappa shape index (κ2) is 4.89. The van der Waals surface area contributed by atoms with Crippen molar-refractivity contribution in [1.29, 1.82) is 0 Å². The maximum atomic E-state index is 13.8. The first-order valence-corrected chi connectivity index (χ1v) is 6.34. The van der Waals surface area contributed by atoms with Gasteiger partial charge in [-0.2, -0.15) is 0 Å². The van der Waals surface area contributed by atoms with E-state index in [1.807, 2.05) is 24.3 Å². The maximum Gasteiger partial charge on any atom is 0.277 e. The summed E-state index contributed by atoms with van der Waals surface area (Å²) in [4.78, 5) is 18.0. The molecule has 0 radical (unpaired) electrons. The molecule has 4 heteroatoms. The zero-order valence-electron chi connectivity index (χ0n) is 11.0. The Morgan fingerprint density at radius 2 is 1.80 bits per heavy atom. The molecule has 20 heavy (non-hydrogen) atoms. The van der Waals surface area contributed by atoms with E-state index in [0.717, 1.165) is 11.3 Å². The third-order valence-corrected chi connectivity index (χ3v) is 3.41. The number of para-hydroxylation sites is 1. The van der Waals surface area contributed by atoms with E-state index in [2.05, 4.69) is 4.99 Å². The zero-order valence-corrected chi connectivity index (χ0v) is 11.0. The van der Waals surface area contributed by atoms with Gasteiger partial charge in [-0.05, 0) is 12.1 Å². The lowest BCUT2D eigenvalue weighted by Gasteiger charge is -2.17. The lowest BCUT2D eigenvalue weighted by Crippen LogP contribution is -2.29. The molecule has 2 aromatic rings. The molecule has 1 amide bonds. The highest BCUT2D eigenvalue weighted by atomic mass is 19.1. The van der Waals surface area contributed by atoms with E-state index in [-0.39, 0.29) is 18.3 Å². The maximum absolute atomic E-state index is 13.8. The molecule has 0 N–H and O–H groups in total. The first-order valence-electron chi connectivity index (χ1n) is 6.34. The molecule has 3 rings (SSSR count). The number of nitrogens with zero attached hydrogens (tertiary/aromatic N) is 2. The van der Waals surface area contributed by atoms with Crippen molar-refractivity contribution in [3.05, 3.63) is 65.5 Å². The van der Waals surface area contributed by atoms with E-state index in [1.54, 1.807) is 30.1 Å². The highest BCUT2D eigenvalue weighted by Crippen LogP contribution is 2.30. The van der Waals surface area contributed by atoms with Gasteiger partial charge in [0.05, 0.1) is 12.2 Å². The predicted molar refractivity (Wildman–Crippen MR) is 76.5 cm³/mol. The topological polar surface area (TPSA) is 32.7 Å². The molecule has 0 bridgehead atoms. The molecule has 3 nitrogen and oxygen atoms in total. The van der Waals surface area contributed by atoms with E-state index in [9.17, 15) is 9.18 Å². The summed E-state index contributed by atoms with van der Waals surface area (Å²) in [6, 6.07) is 13.9. The van der Waals surface area contributed by atoms with Crippen molar-refractivity contribution in [2.24, 2.45) is 4.99 Å². The van der Waals surface area contributed by atoms with Crippen LogP contribution in [0.3, 0.4) is 0 Å². The minimum atomic E-state index is -0.306. The number of carbonyl (C=O) groups is 1. The van der Waals surface area contributed by atoms with Crippen molar-refractivity contribution < 1.29 is 9.18 Å². The van der Waals surface area contributed by atoms with Gasteiger partial charge in [0, 0.05) is 18.2 Å². The van der Waals surface area contributed by atoms with Crippen LogP contribution in [0, 0.1) is 5.82 Å². The average molecular weight is 268 g/mol. The lowest BCUT2D eigenvalue weighted by molar-refractivity contribution is -0.112. The fourth-order valence-corrected chi connectivity index (χ4v) is 2.43. The number of aliphatic imine (C=N–C) groups is 1. The summed E-state index contributed by atoms with van der Waals surface area (Å²) >= 11 is 0. The molecule has 0 aliphatic carbocycles. The van der Waals surface area contributed by atoms with Gasteiger partial charge in [0.15, 0.2) is 0 Å². The highest BCUT2D eigenvalue weighted by molar-refractivity contribution is 6.54. The summed E-state index contributed by atoms with van der Waals surface area (Å²) in [5.74, 6) is -0.489.